The van der Waals surface area contributed by atoms with Crippen molar-refractivity contribution in [2.45, 2.75) is 57.2 Å². The average Bonchev–Trinajstić information content (AvgIpc) is 3.09. The third-order valence-electron chi connectivity index (χ3n) is 3.55. The highest BCUT2D eigenvalue weighted by atomic mass is 16.5. The van der Waals surface area contributed by atoms with Crippen molar-refractivity contribution in [1.29, 1.82) is 0 Å². The predicted molar refractivity (Wildman–Crippen MR) is 63.7 cm³/mol. The van der Waals surface area contributed by atoms with Crippen LogP contribution in [0.5, 0.6) is 0 Å². The summed E-state index contributed by atoms with van der Waals surface area (Å²) < 4.78 is 11.2. The highest BCUT2D eigenvalue weighted by Gasteiger charge is 2.23. The zero-order valence-electron chi connectivity index (χ0n) is 10.2. The molecule has 2 fully saturated rings. The summed E-state index contributed by atoms with van der Waals surface area (Å²) in [6, 6.07) is 0.713. The van der Waals surface area contributed by atoms with Crippen molar-refractivity contribution in [3.8, 4) is 0 Å². The van der Waals surface area contributed by atoms with Gasteiger partial charge in [0.05, 0.1) is 11.8 Å². The van der Waals surface area contributed by atoms with Gasteiger partial charge < -0.3 is 14.5 Å². The number of rotatable bonds is 5. The van der Waals surface area contributed by atoms with Gasteiger partial charge >= 0.3 is 0 Å². The molecule has 0 spiro atoms. The standard InChI is InChI=1S/C13H20N2O2/c1-2-6-16-11(3-1)7-13-12(15-9-17-13)8-14-10-4-5-10/h9-11,14H,1-8H2. The predicted octanol–water partition coefficient (Wildman–Crippen LogP) is 2.04. The first-order valence-corrected chi connectivity index (χ1v) is 6.68. The molecule has 1 unspecified atom stereocenters. The minimum atomic E-state index is 0.330. The van der Waals surface area contributed by atoms with Gasteiger partial charge in [-0.3, -0.25) is 0 Å². The van der Waals surface area contributed by atoms with Gasteiger partial charge in [0, 0.05) is 25.6 Å². The number of hydrogen-bond acceptors (Lipinski definition) is 4. The molecule has 0 aromatic carbocycles. The second-order valence-electron chi connectivity index (χ2n) is 5.07. The fourth-order valence-electron chi connectivity index (χ4n) is 2.31. The van der Waals surface area contributed by atoms with Gasteiger partial charge in [0.15, 0.2) is 6.39 Å². The highest BCUT2D eigenvalue weighted by Crippen LogP contribution is 2.21. The van der Waals surface area contributed by atoms with Crippen LogP contribution in [0.4, 0.5) is 0 Å². The van der Waals surface area contributed by atoms with Crippen molar-refractivity contribution < 1.29 is 9.15 Å². The maximum absolute atomic E-state index is 5.74. The van der Waals surface area contributed by atoms with Crippen LogP contribution >= 0.6 is 0 Å². The molecular formula is C13H20N2O2. The Morgan fingerprint density at radius 3 is 3.00 bits per heavy atom. The number of oxazole rings is 1. The first-order chi connectivity index (χ1) is 8.42. The van der Waals surface area contributed by atoms with Crippen molar-refractivity contribution in [3.05, 3.63) is 17.8 Å². The van der Waals surface area contributed by atoms with Gasteiger partial charge in [-0.15, -0.1) is 0 Å². The maximum Gasteiger partial charge on any atom is 0.181 e. The number of hydrogen-bond donors (Lipinski definition) is 1. The molecule has 4 heteroatoms. The maximum atomic E-state index is 5.74. The average molecular weight is 236 g/mol. The van der Waals surface area contributed by atoms with Crippen molar-refractivity contribution in [3.63, 3.8) is 0 Å². The van der Waals surface area contributed by atoms with Gasteiger partial charge in [-0.1, -0.05) is 0 Å². The molecule has 0 amide bonds. The van der Waals surface area contributed by atoms with E-state index < -0.39 is 0 Å². The monoisotopic (exact) mass is 236 g/mol. The Morgan fingerprint density at radius 1 is 1.29 bits per heavy atom. The number of ether oxygens (including phenoxy) is 1. The fourth-order valence-corrected chi connectivity index (χ4v) is 2.31. The summed E-state index contributed by atoms with van der Waals surface area (Å²) in [6.45, 7) is 1.73. The van der Waals surface area contributed by atoms with Gasteiger partial charge in [-0.05, 0) is 32.1 Å². The van der Waals surface area contributed by atoms with Gasteiger partial charge in [-0.25, -0.2) is 4.98 Å². The normalized spacial score (nSPS) is 25.1. The lowest BCUT2D eigenvalue weighted by atomic mass is 10.0. The minimum absolute atomic E-state index is 0.330. The Morgan fingerprint density at radius 2 is 2.24 bits per heavy atom. The van der Waals surface area contributed by atoms with Crippen molar-refractivity contribution >= 4 is 0 Å². The van der Waals surface area contributed by atoms with E-state index in [1.54, 1.807) is 6.39 Å². The second-order valence-corrected chi connectivity index (χ2v) is 5.07. The van der Waals surface area contributed by atoms with E-state index in [0.29, 0.717) is 12.1 Å². The summed E-state index contributed by atoms with van der Waals surface area (Å²) in [5.74, 6) is 1.00. The molecular weight excluding hydrogens is 216 g/mol. The zero-order valence-corrected chi connectivity index (χ0v) is 10.2. The van der Waals surface area contributed by atoms with E-state index in [-0.39, 0.29) is 0 Å². The van der Waals surface area contributed by atoms with E-state index in [4.69, 9.17) is 9.15 Å². The lowest BCUT2D eigenvalue weighted by molar-refractivity contribution is 0.0138. The molecule has 94 valence electrons. The van der Waals surface area contributed by atoms with E-state index in [0.717, 1.165) is 37.4 Å². The highest BCUT2D eigenvalue weighted by molar-refractivity contribution is 5.09. The van der Waals surface area contributed by atoms with Crippen molar-refractivity contribution in [2.75, 3.05) is 6.61 Å². The van der Waals surface area contributed by atoms with Crippen LogP contribution in [0.15, 0.2) is 10.8 Å². The zero-order chi connectivity index (χ0) is 11.5. The Kier molecular flexibility index (Phi) is 3.43. The number of nitrogens with one attached hydrogen (secondary N) is 1. The van der Waals surface area contributed by atoms with Crippen LogP contribution in [-0.4, -0.2) is 23.7 Å². The van der Waals surface area contributed by atoms with E-state index in [1.165, 1.54) is 25.7 Å². The van der Waals surface area contributed by atoms with Crippen LogP contribution in [0, 0.1) is 0 Å². The first kappa shape index (κ1) is 11.2. The summed E-state index contributed by atoms with van der Waals surface area (Å²) in [6.07, 6.45) is 8.99. The molecule has 4 nitrogen and oxygen atoms in total. The van der Waals surface area contributed by atoms with Crippen LogP contribution in [0.1, 0.15) is 43.6 Å². The summed E-state index contributed by atoms with van der Waals surface area (Å²) in [4.78, 5) is 4.30. The molecule has 0 bridgehead atoms. The first-order valence-electron chi connectivity index (χ1n) is 6.68. The minimum Gasteiger partial charge on any atom is -0.448 e. The van der Waals surface area contributed by atoms with Crippen LogP contribution in [0.2, 0.25) is 0 Å². The number of aromatic nitrogens is 1. The van der Waals surface area contributed by atoms with Crippen LogP contribution < -0.4 is 5.32 Å². The van der Waals surface area contributed by atoms with E-state index in [2.05, 4.69) is 10.3 Å². The summed E-state index contributed by atoms with van der Waals surface area (Å²) in [5, 5.41) is 3.47. The van der Waals surface area contributed by atoms with E-state index in [9.17, 15) is 0 Å². The third-order valence-corrected chi connectivity index (χ3v) is 3.55. The molecule has 0 radical (unpaired) electrons. The topological polar surface area (TPSA) is 47.3 Å². The molecule has 1 aliphatic heterocycles. The summed E-state index contributed by atoms with van der Waals surface area (Å²) >= 11 is 0. The SMILES string of the molecule is c1nc(CNC2CC2)c(CC2CCCCO2)o1. The lowest BCUT2D eigenvalue weighted by Gasteiger charge is -2.21. The molecule has 1 aromatic rings. The summed E-state index contributed by atoms with van der Waals surface area (Å²) in [7, 11) is 0. The molecule has 1 aliphatic carbocycles. The quantitative estimate of drug-likeness (QED) is 0.850. The smallest absolute Gasteiger partial charge is 0.181 e. The van der Waals surface area contributed by atoms with Gasteiger partial charge in [-0.2, -0.15) is 0 Å². The molecule has 2 heterocycles. The van der Waals surface area contributed by atoms with Crippen molar-refractivity contribution in [1.82, 2.24) is 10.3 Å². The molecule has 1 aromatic heterocycles. The van der Waals surface area contributed by atoms with Gasteiger partial charge in [0.2, 0.25) is 0 Å². The molecule has 17 heavy (non-hydrogen) atoms. The Balaban J connectivity index is 1.55. The van der Waals surface area contributed by atoms with E-state index in [1.807, 2.05) is 0 Å². The molecule has 1 atom stereocenters. The second kappa shape index (κ2) is 5.19. The largest absolute Gasteiger partial charge is 0.448 e. The van der Waals surface area contributed by atoms with E-state index >= 15 is 0 Å². The summed E-state index contributed by atoms with van der Waals surface area (Å²) in [5.41, 5.74) is 1.06. The molecule has 2 aliphatic rings. The number of nitrogens with zero attached hydrogens (tertiary/aromatic N) is 1. The van der Waals surface area contributed by atoms with Crippen LogP contribution in [0.3, 0.4) is 0 Å². The Bertz CT molecular complexity index is 354. The Labute approximate surface area is 102 Å². The third kappa shape index (κ3) is 3.07. The molecule has 1 saturated heterocycles. The van der Waals surface area contributed by atoms with Gasteiger partial charge in [0.25, 0.3) is 0 Å². The van der Waals surface area contributed by atoms with Crippen molar-refractivity contribution in [2.24, 2.45) is 0 Å². The Hall–Kier alpha value is -0.870. The van der Waals surface area contributed by atoms with Crippen LogP contribution in [-0.2, 0) is 17.7 Å². The molecule has 1 N–H and O–H groups in total. The fraction of sp³-hybridized carbons (Fsp3) is 0.769. The molecule has 1 saturated carbocycles. The molecule has 3 rings (SSSR count). The van der Waals surface area contributed by atoms with Gasteiger partial charge in [0.1, 0.15) is 5.76 Å². The van der Waals surface area contributed by atoms with Crippen LogP contribution in [0.25, 0.3) is 0 Å². The lowest BCUT2D eigenvalue weighted by Crippen LogP contribution is -2.22.